The van der Waals surface area contributed by atoms with Gasteiger partial charge in [0.15, 0.2) is 0 Å². The van der Waals surface area contributed by atoms with Crippen LogP contribution in [-0.2, 0) is 11.2 Å². The van der Waals surface area contributed by atoms with E-state index in [-0.39, 0.29) is 0 Å². The second-order valence-electron chi connectivity index (χ2n) is 2.63. The summed E-state index contributed by atoms with van der Waals surface area (Å²) in [6.07, 6.45) is 4.42. The van der Waals surface area contributed by atoms with E-state index in [2.05, 4.69) is 9.72 Å². The summed E-state index contributed by atoms with van der Waals surface area (Å²) >= 11 is 0. The van der Waals surface area contributed by atoms with Gasteiger partial charge in [-0.3, -0.25) is 4.98 Å². The third-order valence-corrected chi connectivity index (χ3v) is 1.60. The van der Waals surface area contributed by atoms with E-state index >= 15 is 0 Å². The summed E-state index contributed by atoms with van der Waals surface area (Å²) in [7, 11) is 0. The zero-order chi connectivity index (χ0) is 9.52. The predicted octanol–water partition coefficient (Wildman–Crippen LogP) is 1.11. The van der Waals surface area contributed by atoms with Crippen LogP contribution in [0.4, 0.5) is 4.79 Å². The maximum atomic E-state index is 10.2. The Morgan fingerprint density at radius 1 is 1.46 bits per heavy atom. The highest BCUT2D eigenvalue weighted by molar-refractivity contribution is 5.64. The number of carbonyl (C=O) groups excluding carboxylic acids is 1. The number of carbonyl (C=O) groups is 1. The minimum Gasteiger partial charge on any atom is -0.450 e. The molecule has 13 heavy (non-hydrogen) atoms. The lowest BCUT2D eigenvalue weighted by Gasteiger charge is -2.01. The average Bonchev–Trinajstić information content (AvgIpc) is 2.14. The lowest BCUT2D eigenvalue weighted by atomic mass is 10.1. The summed E-state index contributed by atoms with van der Waals surface area (Å²) < 4.78 is 4.59. The Kier molecular flexibility index (Phi) is 3.75. The van der Waals surface area contributed by atoms with Gasteiger partial charge in [-0.1, -0.05) is 0 Å². The molecule has 1 heterocycles. The Morgan fingerprint density at radius 2 is 2.15 bits per heavy atom. The van der Waals surface area contributed by atoms with E-state index in [0.717, 1.165) is 12.8 Å². The van der Waals surface area contributed by atoms with Crippen molar-refractivity contribution in [3.63, 3.8) is 0 Å². The molecule has 1 rings (SSSR count). The maximum Gasteiger partial charge on any atom is 0.404 e. The van der Waals surface area contributed by atoms with Gasteiger partial charge in [0.25, 0.3) is 0 Å². The highest BCUT2D eigenvalue weighted by atomic mass is 16.5. The molecule has 0 saturated carbocycles. The van der Waals surface area contributed by atoms with Gasteiger partial charge in [-0.2, -0.15) is 0 Å². The quantitative estimate of drug-likeness (QED) is 0.706. The molecular formula is C9H12N2O2. The van der Waals surface area contributed by atoms with E-state index in [1.165, 1.54) is 5.56 Å². The number of aryl methyl sites for hydroxylation is 1. The summed E-state index contributed by atoms with van der Waals surface area (Å²) in [5.74, 6) is 0. The standard InChI is InChI=1S/C9H12N2O2/c10-9(12)13-7-1-2-8-3-5-11-6-4-8/h3-6H,1-2,7H2,(H2,10,12). The number of hydrogen-bond donors (Lipinski definition) is 1. The molecule has 0 aromatic carbocycles. The molecule has 1 aromatic heterocycles. The van der Waals surface area contributed by atoms with Gasteiger partial charge in [0.05, 0.1) is 6.61 Å². The molecule has 0 spiro atoms. The number of hydrogen-bond acceptors (Lipinski definition) is 3. The van der Waals surface area contributed by atoms with Crippen LogP contribution in [0, 0.1) is 0 Å². The second-order valence-corrected chi connectivity index (χ2v) is 2.63. The summed E-state index contributed by atoms with van der Waals surface area (Å²) in [6, 6.07) is 3.87. The molecule has 0 aliphatic heterocycles. The number of nitrogens with zero attached hydrogens (tertiary/aromatic N) is 1. The SMILES string of the molecule is NC(=O)OCCCc1ccncc1. The fourth-order valence-electron chi connectivity index (χ4n) is 0.999. The maximum absolute atomic E-state index is 10.2. The van der Waals surface area contributed by atoms with Crippen LogP contribution in [0.5, 0.6) is 0 Å². The number of ether oxygens (including phenoxy) is 1. The molecule has 0 saturated heterocycles. The molecule has 0 fully saturated rings. The van der Waals surface area contributed by atoms with E-state index in [9.17, 15) is 4.79 Å². The molecule has 0 aliphatic carbocycles. The van der Waals surface area contributed by atoms with Crippen molar-refractivity contribution in [3.8, 4) is 0 Å². The first-order chi connectivity index (χ1) is 6.29. The molecule has 1 aromatic rings. The molecule has 0 radical (unpaired) electrons. The number of rotatable bonds is 4. The first kappa shape index (κ1) is 9.51. The molecule has 0 bridgehead atoms. The predicted molar refractivity (Wildman–Crippen MR) is 48.1 cm³/mol. The lowest BCUT2D eigenvalue weighted by molar-refractivity contribution is 0.155. The van der Waals surface area contributed by atoms with Gasteiger partial charge in [0.1, 0.15) is 0 Å². The topological polar surface area (TPSA) is 65.2 Å². The Morgan fingerprint density at radius 3 is 2.77 bits per heavy atom. The second kappa shape index (κ2) is 5.13. The number of aromatic nitrogens is 1. The van der Waals surface area contributed by atoms with Crippen LogP contribution in [0.2, 0.25) is 0 Å². The summed E-state index contributed by atoms with van der Waals surface area (Å²) in [6.45, 7) is 0.373. The number of amides is 1. The van der Waals surface area contributed by atoms with Crippen LogP contribution in [0.15, 0.2) is 24.5 Å². The highest BCUT2D eigenvalue weighted by Crippen LogP contribution is 2.00. The minimum absolute atomic E-state index is 0.373. The normalized spacial score (nSPS) is 9.54. The average molecular weight is 180 g/mol. The number of primary amides is 1. The van der Waals surface area contributed by atoms with Crippen molar-refractivity contribution in [1.29, 1.82) is 0 Å². The molecule has 0 aliphatic rings. The first-order valence-electron chi connectivity index (χ1n) is 4.10. The van der Waals surface area contributed by atoms with Crippen LogP contribution in [0.3, 0.4) is 0 Å². The Labute approximate surface area is 76.7 Å². The van der Waals surface area contributed by atoms with Crippen LogP contribution in [0.25, 0.3) is 0 Å². The van der Waals surface area contributed by atoms with Crippen LogP contribution in [0.1, 0.15) is 12.0 Å². The van der Waals surface area contributed by atoms with E-state index < -0.39 is 6.09 Å². The van der Waals surface area contributed by atoms with Gasteiger partial charge in [0, 0.05) is 12.4 Å². The Hall–Kier alpha value is -1.58. The zero-order valence-electron chi connectivity index (χ0n) is 7.27. The Bertz CT molecular complexity index is 262. The number of pyridine rings is 1. The van der Waals surface area contributed by atoms with E-state index in [1.54, 1.807) is 12.4 Å². The highest BCUT2D eigenvalue weighted by Gasteiger charge is 1.94. The smallest absolute Gasteiger partial charge is 0.404 e. The molecule has 4 nitrogen and oxygen atoms in total. The largest absolute Gasteiger partial charge is 0.450 e. The van der Waals surface area contributed by atoms with E-state index in [4.69, 9.17) is 5.73 Å². The molecule has 4 heteroatoms. The van der Waals surface area contributed by atoms with Crippen molar-refractivity contribution < 1.29 is 9.53 Å². The molecule has 0 unspecified atom stereocenters. The van der Waals surface area contributed by atoms with Gasteiger partial charge >= 0.3 is 6.09 Å². The summed E-state index contributed by atoms with van der Waals surface area (Å²) in [5, 5.41) is 0. The van der Waals surface area contributed by atoms with Gasteiger partial charge in [-0.15, -0.1) is 0 Å². The molecule has 70 valence electrons. The first-order valence-corrected chi connectivity index (χ1v) is 4.10. The molecular weight excluding hydrogens is 168 g/mol. The van der Waals surface area contributed by atoms with Gasteiger partial charge < -0.3 is 10.5 Å². The van der Waals surface area contributed by atoms with Crippen LogP contribution < -0.4 is 5.73 Å². The third-order valence-electron chi connectivity index (χ3n) is 1.60. The lowest BCUT2D eigenvalue weighted by Crippen LogP contribution is -2.13. The monoisotopic (exact) mass is 180 g/mol. The van der Waals surface area contributed by atoms with E-state index in [1.807, 2.05) is 12.1 Å². The van der Waals surface area contributed by atoms with Crippen molar-refractivity contribution in [2.45, 2.75) is 12.8 Å². The molecule has 0 atom stereocenters. The van der Waals surface area contributed by atoms with Crippen LogP contribution in [-0.4, -0.2) is 17.7 Å². The summed E-state index contributed by atoms with van der Waals surface area (Å²) in [5.41, 5.74) is 5.98. The summed E-state index contributed by atoms with van der Waals surface area (Å²) in [4.78, 5) is 14.1. The molecule has 1 amide bonds. The van der Waals surface area contributed by atoms with Gasteiger partial charge in [0.2, 0.25) is 0 Å². The Balaban J connectivity index is 2.17. The fourth-order valence-corrected chi connectivity index (χ4v) is 0.999. The fraction of sp³-hybridized carbons (Fsp3) is 0.333. The number of nitrogens with two attached hydrogens (primary N) is 1. The third kappa shape index (κ3) is 4.10. The van der Waals surface area contributed by atoms with Crippen molar-refractivity contribution >= 4 is 6.09 Å². The van der Waals surface area contributed by atoms with Crippen molar-refractivity contribution in [3.05, 3.63) is 30.1 Å². The molecule has 2 N–H and O–H groups in total. The van der Waals surface area contributed by atoms with Gasteiger partial charge in [-0.05, 0) is 30.5 Å². The van der Waals surface area contributed by atoms with Crippen molar-refractivity contribution in [2.24, 2.45) is 5.73 Å². The zero-order valence-corrected chi connectivity index (χ0v) is 7.27. The van der Waals surface area contributed by atoms with Crippen molar-refractivity contribution in [2.75, 3.05) is 6.61 Å². The van der Waals surface area contributed by atoms with E-state index in [0.29, 0.717) is 6.61 Å². The van der Waals surface area contributed by atoms with Crippen LogP contribution >= 0.6 is 0 Å². The van der Waals surface area contributed by atoms with Gasteiger partial charge in [-0.25, -0.2) is 4.79 Å². The van der Waals surface area contributed by atoms with Crippen molar-refractivity contribution in [1.82, 2.24) is 4.98 Å². The minimum atomic E-state index is -0.713.